The predicted octanol–water partition coefficient (Wildman–Crippen LogP) is 13.5. The maximum Gasteiger partial charge on any atom is 0.0963 e. The van der Waals surface area contributed by atoms with E-state index < -0.39 is 0 Å². The van der Waals surface area contributed by atoms with Crippen LogP contribution in [-0.2, 0) is 6.54 Å². The zero-order chi connectivity index (χ0) is 42.7. The van der Waals surface area contributed by atoms with E-state index in [-0.39, 0.29) is 0 Å². The number of nitrogens with zero attached hydrogens (tertiary/aromatic N) is 3. The van der Waals surface area contributed by atoms with Gasteiger partial charge in [-0.15, -0.1) is 43.4 Å². The maximum atomic E-state index is 5.56. The van der Waals surface area contributed by atoms with Gasteiger partial charge in [0.1, 0.15) is 0 Å². The molecule has 3 atom stereocenters. The van der Waals surface area contributed by atoms with Crippen LogP contribution in [0.3, 0.4) is 0 Å². The summed E-state index contributed by atoms with van der Waals surface area (Å²) in [7, 11) is 4.15. The molecule has 0 bridgehead atoms. The summed E-state index contributed by atoms with van der Waals surface area (Å²) >= 11 is 1.82. The second-order valence-corrected chi connectivity index (χ2v) is 16.6. The smallest absolute Gasteiger partial charge is 0.0963 e. The van der Waals surface area contributed by atoms with Crippen molar-refractivity contribution < 1.29 is 0 Å². The highest BCUT2D eigenvalue weighted by molar-refractivity contribution is 7.09. The Kier molecular flexibility index (Phi) is 36.0. The van der Waals surface area contributed by atoms with E-state index in [1.807, 2.05) is 45.2 Å². The van der Waals surface area contributed by atoms with Crippen LogP contribution < -0.4 is 10.6 Å². The number of likely N-dealkylation sites (tertiary alicyclic amines) is 1. The zero-order valence-corrected chi connectivity index (χ0v) is 39.3. The molecule has 1 aliphatic rings. The molecule has 6 heteroatoms. The van der Waals surface area contributed by atoms with Crippen LogP contribution in [0.5, 0.6) is 0 Å². The van der Waals surface area contributed by atoms with E-state index in [1.54, 1.807) is 0 Å². The van der Waals surface area contributed by atoms with Crippen molar-refractivity contribution in [1.29, 1.82) is 0 Å². The first-order valence-electron chi connectivity index (χ1n) is 22.0. The summed E-state index contributed by atoms with van der Waals surface area (Å²) in [5.74, 6) is 4.29. The molecule has 1 aromatic rings. The Balaban J connectivity index is 0. The van der Waals surface area contributed by atoms with Gasteiger partial charge in [0.25, 0.3) is 0 Å². The molecule has 3 unspecified atom stereocenters. The summed E-state index contributed by atoms with van der Waals surface area (Å²) in [4.78, 5) is 10.2. The molecule has 1 fully saturated rings. The number of likely N-dealkylation sites (N-methyl/N-ethyl adjacent to an activating group) is 1. The highest BCUT2D eigenvalue weighted by Crippen LogP contribution is 2.35. The second-order valence-electron chi connectivity index (χ2n) is 15.7. The van der Waals surface area contributed by atoms with Crippen molar-refractivity contribution in [1.82, 2.24) is 25.4 Å². The lowest BCUT2D eigenvalue weighted by Crippen LogP contribution is -2.40. The first-order valence-corrected chi connectivity index (χ1v) is 22.9. The van der Waals surface area contributed by atoms with Crippen LogP contribution in [0.25, 0.3) is 0 Å². The molecule has 1 aliphatic heterocycles. The molecule has 0 saturated carbocycles. The van der Waals surface area contributed by atoms with Gasteiger partial charge in [0, 0.05) is 61.3 Å². The molecule has 2 N–H and O–H groups in total. The minimum absolute atomic E-state index is 0.348. The van der Waals surface area contributed by atoms with E-state index >= 15 is 0 Å². The van der Waals surface area contributed by atoms with Crippen molar-refractivity contribution in [2.75, 3.05) is 33.7 Å². The molecule has 0 amide bonds. The van der Waals surface area contributed by atoms with Gasteiger partial charge in [-0.05, 0) is 122 Å². The van der Waals surface area contributed by atoms with Gasteiger partial charge in [-0.1, -0.05) is 91.7 Å². The molecule has 320 valence electrons. The van der Waals surface area contributed by atoms with E-state index in [1.165, 1.54) is 61.5 Å². The molecule has 0 spiro atoms. The van der Waals surface area contributed by atoms with Gasteiger partial charge < -0.3 is 20.4 Å². The molecule has 5 nitrogen and oxygen atoms in total. The first-order chi connectivity index (χ1) is 26.9. The van der Waals surface area contributed by atoms with E-state index in [0.29, 0.717) is 29.8 Å². The van der Waals surface area contributed by atoms with Gasteiger partial charge in [0.15, 0.2) is 0 Å². The van der Waals surface area contributed by atoms with Gasteiger partial charge in [-0.2, -0.15) is 0 Å². The van der Waals surface area contributed by atoms with Gasteiger partial charge in [-0.3, -0.25) is 0 Å². The van der Waals surface area contributed by atoms with Crippen molar-refractivity contribution in [3.8, 4) is 12.3 Å². The van der Waals surface area contributed by atoms with Crippen molar-refractivity contribution >= 4 is 11.3 Å². The van der Waals surface area contributed by atoms with Gasteiger partial charge in [0.2, 0.25) is 0 Å². The van der Waals surface area contributed by atoms with Crippen LogP contribution >= 0.6 is 11.3 Å². The quantitative estimate of drug-likeness (QED) is 0.0447. The van der Waals surface area contributed by atoms with E-state index in [9.17, 15) is 0 Å². The number of hydrogen-bond acceptors (Lipinski definition) is 6. The second kappa shape index (κ2) is 36.5. The number of unbranched alkanes of at least 4 members (excludes halogenated alkanes) is 3. The van der Waals surface area contributed by atoms with Gasteiger partial charge in [0.05, 0.1) is 10.7 Å². The summed E-state index contributed by atoms with van der Waals surface area (Å²) in [6.07, 6.45) is 31.1. The zero-order valence-electron chi connectivity index (χ0n) is 38.5. The number of thiazole rings is 1. The molecule has 1 saturated heterocycles. The van der Waals surface area contributed by atoms with Crippen LogP contribution in [0.15, 0.2) is 79.0 Å². The number of rotatable bonds is 25. The third-order valence-corrected chi connectivity index (χ3v) is 10.8. The fourth-order valence-electron chi connectivity index (χ4n) is 6.88. The monoisotopic (exact) mass is 792 g/mol. The van der Waals surface area contributed by atoms with Crippen molar-refractivity contribution in [2.24, 2.45) is 11.8 Å². The predicted molar refractivity (Wildman–Crippen MR) is 255 cm³/mol. The van der Waals surface area contributed by atoms with Crippen LogP contribution in [0.2, 0.25) is 0 Å². The minimum atomic E-state index is 0.348. The van der Waals surface area contributed by atoms with Crippen LogP contribution in [-0.4, -0.2) is 60.6 Å². The molecule has 56 heavy (non-hydrogen) atoms. The van der Waals surface area contributed by atoms with Crippen molar-refractivity contribution in [2.45, 2.75) is 170 Å². The number of allylic oxidation sites excluding steroid dienone is 6. The Morgan fingerprint density at radius 3 is 2.27 bits per heavy atom. The van der Waals surface area contributed by atoms with Crippen molar-refractivity contribution in [3.05, 3.63) is 89.7 Å². The Morgan fingerprint density at radius 2 is 1.75 bits per heavy atom. The molecule has 2 heterocycles. The molecule has 1 aromatic heterocycles. The summed E-state index contributed by atoms with van der Waals surface area (Å²) in [5, 5.41) is 10.5. The van der Waals surface area contributed by atoms with Gasteiger partial charge >= 0.3 is 0 Å². The molecule has 0 aliphatic carbocycles. The molecular formula is C50H89N5S. The standard InChI is InChI=1S/C40H66N4S.C6H13N.C2H6.C2H4/c1-12-15-17-20-25-44(34(10)22-16-13-2)39(33(8)9)28-35(26-31(4)5)40-43-38(30-45-40)29-42-37(27-32(6)7)24-19-18-23-36(41-11)21-14-3;1-7-5-3-2-4-6-7;2*1-2/h1,14,18-19,21,23,30,32-33,35,37,39,41-42H,4,10,13,15-17,20,22,24-29H2,2-3,5-9,11H3;2-6H2,1H3;1-2H3;1-2H2/b19-18+,21-14-,36-23+;;;. The number of terminal acetylenes is 1. The SMILES string of the molecule is C#CCCCCN(C(=C)CCCC)C(CC(CC(=C)C)c1nc(CNC(C/C=C/C=C(\C=C/C)NC)CC(C)C)cs1)C(C)C.C=C.CC.CN1CCCCC1. The van der Waals surface area contributed by atoms with Gasteiger partial charge in [-0.25, -0.2) is 4.98 Å². The minimum Gasteiger partial charge on any atom is -0.388 e. The first kappa shape index (κ1) is 55.2. The summed E-state index contributed by atoms with van der Waals surface area (Å²) in [6, 6.07) is 0.816. The van der Waals surface area contributed by atoms with Crippen molar-refractivity contribution in [3.63, 3.8) is 0 Å². The summed E-state index contributed by atoms with van der Waals surface area (Å²) in [6.45, 7) is 39.1. The fourth-order valence-corrected chi connectivity index (χ4v) is 7.81. The fraction of sp³-hybridized carbons (Fsp3) is 0.660. The maximum absolute atomic E-state index is 5.56. The normalized spacial score (nSPS) is 14.8. The lowest BCUT2D eigenvalue weighted by molar-refractivity contribution is 0.171. The largest absolute Gasteiger partial charge is 0.388 e. The number of aromatic nitrogens is 1. The Morgan fingerprint density at radius 1 is 1.07 bits per heavy atom. The topological polar surface area (TPSA) is 43.4 Å². The lowest BCUT2D eigenvalue weighted by atomic mass is 9.87. The molecule has 0 aromatic carbocycles. The number of piperidine rings is 1. The average molecular weight is 792 g/mol. The summed E-state index contributed by atoms with van der Waals surface area (Å²) < 4.78 is 0. The number of hydrogen-bond donors (Lipinski definition) is 2. The van der Waals surface area contributed by atoms with Crippen LogP contribution in [0.1, 0.15) is 162 Å². The highest BCUT2D eigenvalue weighted by Gasteiger charge is 2.28. The third-order valence-electron chi connectivity index (χ3n) is 9.78. The number of nitrogens with one attached hydrogen (secondary N) is 2. The highest BCUT2D eigenvalue weighted by atomic mass is 32.1. The van der Waals surface area contributed by atoms with E-state index in [0.717, 1.165) is 75.8 Å². The van der Waals surface area contributed by atoms with Crippen LogP contribution in [0.4, 0.5) is 0 Å². The Hall–Kier alpha value is -2.85. The van der Waals surface area contributed by atoms with Crippen LogP contribution in [0, 0.1) is 24.2 Å². The summed E-state index contributed by atoms with van der Waals surface area (Å²) in [5.41, 5.74) is 4.75. The molecule has 0 radical (unpaired) electrons. The molecule has 2 rings (SSSR count). The van der Waals surface area contributed by atoms with E-state index in [2.05, 4.69) is 131 Å². The Bertz CT molecular complexity index is 1240. The third kappa shape index (κ3) is 26.9. The molecular weight excluding hydrogens is 703 g/mol. The lowest BCUT2D eigenvalue weighted by Gasteiger charge is -2.39. The van der Waals surface area contributed by atoms with E-state index in [4.69, 9.17) is 11.4 Å². The Labute approximate surface area is 353 Å². The average Bonchev–Trinajstić information content (AvgIpc) is 3.67.